The summed E-state index contributed by atoms with van der Waals surface area (Å²) in [4.78, 5) is 21.1. The molecule has 8 nitrogen and oxygen atoms in total. The van der Waals surface area contributed by atoms with Crippen molar-refractivity contribution in [2.45, 2.75) is 0 Å². The van der Waals surface area contributed by atoms with Gasteiger partial charge >= 0.3 is 0 Å². The van der Waals surface area contributed by atoms with Crippen molar-refractivity contribution in [2.75, 3.05) is 17.6 Å². The van der Waals surface area contributed by atoms with Gasteiger partial charge in [-0.25, -0.2) is 17.9 Å². The van der Waals surface area contributed by atoms with Gasteiger partial charge in [-0.2, -0.15) is 5.10 Å². The molecular formula is C20H17N5O3S. The molecule has 29 heavy (non-hydrogen) atoms. The van der Waals surface area contributed by atoms with Gasteiger partial charge in [-0.1, -0.05) is 12.1 Å². The highest BCUT2D eigenvalue weighted by atomic mass is 32.2. The van der Waals surface area contributed by atoms with E-state index in [2.05, 4.69) is 15.1 Å². The molecule has 0 aliphatic heterocycles. The number of ketones is 1. The van der Waals surface area contributed by atoms with E-state index in [1.54, 1.807) is 59.5 Å². The second-order valence-corrected chi connectivity index (χ2v) is 8.48. The predicted molar refractivity (Wildman–Crippen MR) is 109 cm³/mol. The van der Waals surface area contributed by atoms with Crippen LogP contribution >= 0.6 is 0 Å². The van der Waals surface area contributed by atoms with Gasteiger partial charge in [0.2, 0.25) is 10.0 Å². The molecule has 0 N–H and O–H groups in total. The Morgan fingerprint density at radius 1 is 1.07 bits per heavy atom. The second kappa shape index (κ2) is 7.10. The molecule has 0 saturated heterocycles. The van der Waals surface area contributed by atoms with Crippen molar-refractivity contribution in [3.8, 4) is 11.3 Å². The van der Waals surface area contributed by atoms with Crippen molar-refractivity contribution in [3.63, 3.8) is 0 Å². The summed E-state index contributed by atoms with van der Waals surface area (Å²) in [5.74, 6) is -0.197. The van der Waals surface area contributed by atoms with Crippen LogP contribution in [0.5, 0.6) is 0 Å². The number of hydrogen-bond acceptors (Lipinski definition) is 6. The quantitative estimate of drug-likeness (QED) is 0.471. The number of sulfonamides is 1. The van der Waals surface area contributed by atoms with Crippen LogP contribution in [0.1, 0.15) is 15.9 Å². The van der Waals surface area contributed by atoms with Crippen LogP contribution in [0.4, 0.5) is 5.69 Å². The summed E-state index contributed by atoms with van der Waals surface area (Å²) >= 11 is 0. The maximum absolute atomic E-state index is 12.8. The van der Waals surface area contributed by atoms with E-state index >= 15 is 0 Å². The number of nitrogens with zero attached hydrogens (tertiary/aromatic N) is 5. The molecule has 4 rings (SSSR count). The van der Waals surface area contributed by atoms with E-state index in [1.807, 2.05) is 6.07 Å². The lowest BCUT2D eigenvalue weighted by atomic mass is 10.1. The van der Waals surface area contributed by atoms with E-state index in [1.165, 1.54) is 17.5 Å². The number of fused-ring (bicyclic) bond motifs is 1. The monoisotopic (exact) mass is 407 g/mol. The van der Waals surface area contributed by atoms with Crippen molar-refractivity contribution in [2.24, 2.45) is 0 Å². The lowest BCUT2D eigenvalue weighted by Crippen LogP contribution is -2.24. The van der Waals surface area contributed by atoms with Gasteiger partial charge in [-0.05, 0) is 30.3 Å². The number of anilines is 1. The summed E-state index contributed by atoms with van der Waals surface area (Å²) in [6, 6.07) is 12.1. The Balaban J connectivity index is 1.81. The first-order chi connectivity index (χ1) is 13.9. The standard InChI is InChI=1S/C20H17N5O3S/c1-24(29(2,27)28)16-5-3-4-15(12-16)18-8-11-22-20-17(13-23-25(18)20)19(26)14-6-9-21-10-7-14/h3-13H,1-2H3. The van der Waals surface area contributed by atoms with Crippen LogP contribution in [0.2, 0.25) is 0 Å². The van der Waals surface area contributed by atoms with Crippen molar-refractivity contribution < 1.29 is 13.2 Å². The van der Waals surface area contributed by atoms with Gasteiger partial charge in [0, 0.05) is 36.8 Å². The number of aromatic nitrogens is 4. The molecule has 0 spiro atoms. The Kier molecular flexibility index (Phi) is 4.59. The number of carbonyl (C=O) groups is 1. The third kappa shape index (κ3) is 3.47. The fourth-order valence-electron chi connectivity index (χ4n) is 2.98. The van der Waals surface area contributed by atoms with Gasteiger partial charge in [0.25, 0.3) is 0 Å². The van der Waals surface area contributed by atoms with E-state index in [9.17, 15) is 13.2 Å². The summed E-state index contributed by atoms with van der Waals surface area (Å²) in [5, 5.41) is 4.35. The van der Waals surface area contributed by atoms with Gasteiger partial charge in [0.1, 0.15) is 0 Å². The molecule has 0 bridgehead atoms. The fourth-order valence-corrected chi connectivity index (χ4v) is 3.48. The highest BCUT2D eigenvalue weighted by Crippen LogP contribution is 2.26. The minimum absolute atomic E-state index is 0.197. The SMILES string of the molecule is CN(c1cccc(-c2ccnc3c(C(=O)c4ccncc4)cnn23)c1)S(C)(=O)=O. The lowest BCUT2D eigenvalue weighted by Gasteiger charge is -2.17. The number of pyridine rings is 1. The molecule has 0 aliphatic rings. The van der Waals surface area contributed by atoms with E-state index in [4.69, 9.17) is 0 Å². The first-order valence-corrected chi connectivity index (χ1v) is 10.5. The summed E-state index contributed by atoms with van der Waals surface area (Å²) in [6.45, 7) is 0. The number of carbonyl (C=O) groups excluding carboxylic acids is 1. The van der Waals surface area contributed by atoms with Crippen LogP contribution in [0.25, 0.3) is 16.9 Å². The average molecular weight is 407 g/mol. The molecule has 3 aromatic heterocycles. The summed E-state index contributed by atoms with van der Waals surface area (Å²) in [7, 11) is -1.89. The van der Waals surface area contributed by atoms with Gasteiger partial charge in [0.15, 0.2) is 11.4 Å². The Labute approximate surface area is 167 Å². The Morgan fingerprint density at radius 2 is 1.83 bits per heavy atom. The molecule has 0 atom stereocenters. The van der Waals surface area contributed by atoms with Crippen LogP contribution < -0.4 is 4.31 Å². The molecule has 4 aromatic rings. The maximum Gasteiger partial charge on any atom is 0.231 e. The first kappa shape index (κ1) is 18.8. The van der Waals surface area contributed by atoms with Gasteiger partial charge in [-0.3, -0.25) is 14.1 Å². The minimum Gasteiger partial charge on any atom is -0.288 e. The summed E-state index contributed by atoms with van der Waals surface area (Å²) in [6.07, 6.45) is 7.35. The first-order valence-electron chi connectivity index (χ1n) is 8.68. The zero-order chi connectivity index (χ0) is 20.6. The molecule has 0 fully saturated rings. The van der Waals surface area contributed by atoms with Gasteiger partial charge < -0.3 is 0 Å². The zero-order valence-corrected chi connectivity index (χ0v) is 16.5. The van der Waals surface area contributed by atoms with Gasteiger partial charge in [-0.15, -0.1) is 0 Å². The van der Waals surface area contributed by atoms with Crippen molar-refractivity contribution >= 4 is 27.1 Å². The van der Waals surface area contributed by atoms with Crippen LogP contribution in [-0.2, 0) is 10.0 Å². The molecule has 0 unspecified atom stereocenters. The third-order valence-electron chi connectivity index (χ3n) is 4.59. The van der Waals surface area contributed by atoms with E-state index < -0.39 is 10.0 Å². The highest BCUT2D eigenvalue weighted by molar-refractivity contribution is 7.92. The average Bonchev–Trinajstić information content (AvgIpc) is 3.17. The normalized spacial score (nSPS) is 11.5. The molecule has 146 valence electrons. The largest absolute Gasteiger partial charge is 0.288 e. The van der Waals surface area contributed by atoms with Crippen LogP contribution in [-0.4, -0.2) is 47.1 Å². The van der Waals surface area contributed by atoms with E-state index in [-0.39, 0.29) is 5.78 Å². The number of hydrogen-bond donors (Lipinski definition) is 0. The lowest BCUT2D eigenvalue weighted by molar-refractivity contribution is 0.104. The van der Waals surface area contributed by atoms with E-state index in [0.29, 0.717) is 28.2 Å². The molecule has 0 amide bonds. The zero-order valence-electron chi connectivity index (χ0n) is 15.7. The van der Waals surface area contributed by atoms with Crippen molar-refractivity contribution in [1.82, 2.24) is 19.6 Å². The molecule has 9 heteroatoms. The van der Waals surface area contributed by atoms with Gasteiger partial charge in [0.05, 0.1) is 29.4 Å². The number of benzene rings is 1. The Hall–Kier alpha value is -3.59. The minimum atomic E-state index is -3.39. The summed E-state index contributed by atoms with van der Waals surface area (Å²) < 4.78 is 26.5. The fraction of sp³-hybridized carbons (Fsp3) is 0.100. The van der Waals surface area contributed by atoms with Crippen LogP contribution in [0.3, 0.4) is 0 Å². The molecule has 1 aromatic carbocycles. The summed E-state index contributed by atoms with van der Waals surface area (Å²) in [5.41, 5.74) is 3.26. The van der Waals surface area contributed by atoms with Crippen LogP contribution in [0, 0.1) is 0 Å². The highest BCUT2D eigenvalue weighted by Gasteiger charge is 2.18. The van der Waals surface area contributed by atoms with E-state index in [0.717, 1.165) is 11.8 Å². The molecule has 3 heterocycles. The molecular weight excluding hydrogens is 390 g/mol. The predicted octanol–water partition coefficient (Wildman–Crippen LogP) is 2.42. The smallest absolute Gasteiger partial charge is 0.231 e. The third-order valence-corrected chi connectivity index (χ3v) is 5.80. The Morgan fingerprint density at radius 3 is 2.55 bits per heavy atom. The van der Waals surface area contributed by atoms with Crippen molar-refractivity contribution in [3.05, 3.63) is 78.4 Å². The topological polar surface area (TPSA) is 97.5 Å². The Bertz CT molecular complexity index is 1320. The number of rotatable bonds is 5. The molecule has 0 saturated carbocycles. The maximum atomic E-state index is 12.8. The van der Waals surface area contributed by atoms with Crippen LogP contribution in [0.15, 0.2) is 67.3 Å². The molecule has 0 radical (unpaired) electrons. The van der Waals surface area contributed by atoms with Crippen molar-refractivity contribution in [1.29, 1.82) is 0 Å². The molecule has 0 aliphatic carbocycles. The second-order valence-electron chi connectivity index (χ2n) is 6.47.